The number of anilines is 2. The van der Waals surface area contributed by atoms with Crippen molar-refractivity contribution in [3.8, 4) is 16.9 Å². The Morgan fingerprint density at radius 1 is 0.926 bits per heavy atom. The Kier molecular flexibility index (Phi) is 12.4. The maximum Gasteiger partial charge on any atom is 0.412 e. The van der Waals surface area contributed by atoms with E-state index in [0.717, 1.165) is 47.9 Å². The topological polar surface area (TPSA) is 181 Å². The average Bonchev–Trinajstić information content (AvgIpc) is 3.16. The molecule has 1 saturated carbocycles. The molecule has 6 rings (SSSR count). The van der Waals surface area contributed by atoms with Crippen LogP contribution in [0.5, 0.6) is 5.75 Å². The van der Waals surface area contributed by atoms with E-state index in [1.54, 1.807) is 12.1 Å². The molecule has 2 atom stereocenters. The first kappa shape index (κ1) is 38.2. The third-order valence-electron chi connectivity index (χ3n) is 10.3. The van der Waals surface area contributed by atoms with E-state index in [0.29, 0.717) is 53.5 Å². The van der Waals surface area contributed by atoms with E-state index in [1.807, 2.05) is 79.7 Å². The van der Waals surface area contributed by atoms with Gasteiger partial charge >= 0.3 is 6.09 Å². The van der Waals surface area contributed by atoms with Gasteiger partial charge in [-0.2, -0.15) is 0 Å². The number of carbonyl (C=O) groups excluding carboxylic acids is 1. The van der Waals surface area contributed by atoms with E-state index in [-0.39, 0.29) is 41.9 Å². The van der Waals surface area contributed by atoms with Crippen LogP contribution in [0.3, 0.4) is 0 Å². The van der Waals surface area contributed by atoms with Crippen molar-refractivity contribution in [2.24, 2.45) is 5.73 Å². The number of aromatic nitrogens is 1. The molecule has 4 aromatic carbocycles. The zero-order valence-corrected chi connectivity index (χ0v) is 30.5. The van der Waals surface area contributed by atoms with Gasteiger partial charge in [0.15, 0.2) is 0 Å². The highest BCUT2D eigenvalue weighted by atomic mass is 16.4. The predicted octanol–water partition coefficient (Wildman–Crippen LogP) is 6.87. The van der Waals surface area contributed by atoms with Crippen LogP contribution in [0, 0.1) is 0 Å². The molecular weight excluding hydrogens is 683 g/mol. The smallest absolute Gasteiger partial charge is 0.412 e. The Morgan fingerprint density at radius 2 is 1.65 bits per heavy atom. The first-order valence-corrected chi connectivity index (χ1v) is 18.7. The Morgan fingerprint density at radius 3 is 2.37 bits per heavy atom. The molecule has 0 aliphatic heterocycles. The van der Waals surface area contributed by atoms with Gasteiger partial charge in [0.05, 0.1) is 17.3 Å². The summed E-state index contributed by atoms with van der Waals surface area (Å²) in [5.41, 5.74) is 11.9. The molecule has 0 radical (unpaired) electrons. The van der Waals surface area contributed by atoms with Crippen LogP contribution in [-0.4, -0.2) is 57.0 Å². The van der Waals surface area contributed by atoms with Gasteiger partial charge in [0.2, 0.25) is 11.5 Å². The van der Waals surface area contributed by atoms with Crippen LogP contribution in [-0.2, 0) is 17.6 Å². The number of aliphatic hydroxyl groups is 1. The Bertz CT molecular complexity index is 2110. The summed E-state index contributed by atoms with van der Waals surface area (Å²) < 4.78 is 0. The minimum absolute atomic E-state index is 0.0362. The number of phenolic OH excluding ortho intramolecular Hbond substituents is 1. The molecule has 0 spiro atoms. The fourth-order valence-electron chi connectivity index (χ4n) is 7.41. The molecule has 2 amide bonds. The number of carbonyl (C=O) groups is 2. The second kappa shape index (κ2) is 17.6. The van der Waals surface area contributed by atoms with Gasteiger partial charge < -0.3 is 36.7 Å². The number of aryl methyl sites for hydroxylation is 1. The van der Waals surface area contributed by atoms with Crippen LogP contribution in [0.25, 0.3) is 22.0 Å². The first-order valence-electron chi connectivity index (χ1n) is 18.7. The summed E-state index contributed by atoms with van der Waals surface area (Å²) in [7, 11) is 0. The van der Waals surface area contributed by atoms with E-state index in [9.17, 15) is 29.7 Å². The van der Waals surface area contributed by atoms with Crippen LogP contribution in [0.2, 0.25) is 0 Å². The number of fused-ring (bicyclic) bond motifs is 1. The lowest BCUT2D eigenvalue weighted by atomic mass is 9.89. The molecule has 11 heteroatoms. The van der Waals surface area contributed by atoms with Crippen molar-refractivity contribution in [1.82, 2.24) is 10.3 Å². The quantitative estimate of drug-likeness (QED) is 0.0646. The largest absolute Gasteiger partial charge is 0.506 e. The van der Waals surface area contributed by atoms with Gasteiger partial charge in [0, 0.05) is 53.8 Å². The SMILES string of the molecule is CC(Cc1ccc(NC(=O)CCCc2ccc(-c3ccccc3)c(N(C(=O)O)[C@H]3CC[C@H](N)CC3)c2)cc1)NC[C@H](O)c1ccc(O)c2[nH]c(=O)ccc12. The average molecular weight is 732 g/mol. The molecule has 282 valence electrons. The van der Waals surface area contributed by atoms with Gasteiger partial charge in [-0.3, -0.25) is 14.5 Å². The van der Waals surface area contributed by atoms with Gasteiger partial charge in [-0.15, -0.1) is 0 Å². The molecule has 1 heterocycles. The summed E-state index contributed by atoms with van der Waals surface area (Å²) in [5, 5.41) is 38.4. The Balaban J connectivity index is 1.01. The Hall–Kier alpha value is -5.49. The number of pyridine rings is 1. The number of nitrogens with zero attached hydrogens (tertiary/aromatic N) is 1. The number of hydrogen-bond acceptors (Lipinski definition) is 7. The third-order valence-corrected chi connectivity index (χ3v) is 10.3. The van der Waals surface area contributed by atoms with Crippen LogP contribution in [0.4, 0.5) is 16.2 Å². The molecular formula is C43H49N5O6. The van der Waals surface area contributed by atoms with Gasteiger partial charge in [-0.1, -0.05) is 60.7 Å². The number of aromatic amines is 1. The fraction of sp³-hybridized carbons (Fsp3) is 0.326. The summed E-state index contributed by atoms with van der Waals surface area (Å²) >= 11 is 0. The summed E-state index contributed by atoms with van der Waals surface area (Å²) in [5.74, 6) is -0.144. The van der Waals surface area contributed by atoms with Crippen LogP contribution in [0.1, 0.15) is 68.2 Å². The van der Waals surface area contributed by atoms with E-state index in [2.05, 4.69) is 15.6 Å². The van der Waals surface area contributed by atoms with Crippen LogP contribution in [0.15, 0.2) is 102 Å². The standard InChI is InChI=1S/C43H49N5O6/c1-27(45-26-39(50)35-20-22-38(49)42-36(35)21-23-41(52)47-42)24-29-10-15-32(16-11-29)46-40(51)9-5-6-28-12-19-34(30-7-3-2-4-8-30)37(25-28)48(43(53)54)33-17-13-31(44)14-18-33/h2-4,7-8,10-12,15-16,19-23,25,27,31,33,39,45,49-50H,5-6,9,13-14,17-18,24,26,44H2,1H3,(H,46,51)(H,47,52)(H,53,54)/t27?,31-,33-,39-/m0/s1. The van der Waals surface area contributed by atoms with Crippen molar-refractivity contribution >= 4 is 34.3 Å². The zero-order valence-electron chi connectivity index (χ0n) is 30.5. The third kappa shape index (κ3) is 9.54. The molecule has 0 bridgehead atoms. The minimum atomic E-state index is -0.973. The maximum atomic E-state index is 12.9. The normalized spacial score (nSPS) is 16.8. The second-order valence-electron chi connectivity index (χ2n) is 14.4. The van der Waals surface area contributed by atoms with Crippen molar-refractivity contribution in [1.29, 1.82) is 0 Å². The summed E-state index contributed by atoms with van der Waals surface area (Å²) in [6, 6.07) is 29.6. The van der Waals surface area contributed by atoms with Crippen molar-refractivity contribution in [3.05, 3.63) is 124 Å². The number of phenols is 1. The highest BCUT2D eigenvalue weighted by Crippen LogP contribution is 2.36. The lowest BCUT2D eigenvalue weighted by Gasteiger charge is -2.35. The number of hydrogen-bond donors (Lipinski definition) is 7. The van der Waals surface area contributed by atoms with Crippen molar-refractivity contribution in [2.75, 3.05) is 16.8 Å². The molecule has 5 aromatic rings. The van der Waals surface area contributed by atoms with Crippen LogP contribution >= 0.6 is 0 Å². The minimum Gasteiger partial charge on any atom is -0.506 e. The number of nitrogens with one attached hydrogen (secondary N) is 3. The summed E-state index contributed by atoms with van der Waals surface area (Å²) in [6.07, 6.45) is 3.44. The molecule has 0 saturated heterocycles. The number of carboxylic acid groups (broad SMARTS) is 1. The van der Waals surface area contributed by atoms with E-state index in [4.69, 9.17) is 5.73 Å². The summed E-state index contributed by atoms with van der Waals surface area (Å²) in [4.78, 5) is 41.5. The fourth-order valence-corrected chi connectivity index (χ4v) is 7.41. The molecule has 1 fully saturated rings. The number of aromatic hydroxyl groups is 1. The molecule has 54 heavy (non-hydrogen) atoms. The first-order chi connectivity index (χ1) is 26.0. The second-order valence-corrected chi connectivity index (χ2v) is 14.4. The highest BCUT2D eigenvalue weighted by Gasteiger charge is 2.30. The van der Waals surface area contributed by atoms with Gasteiger partial charge in [0.1, 0.15) is 5.75 Å². The number of rotatable bonds is 14. The Labute approximate surface area is 314 Å². The molecule has 1 aliphatic carbocycles. The maximum absolute atomic E-state index is 12.9. The number of amides is 2. The number of nitrogens with two attached hydrogens (primary N) is 1. The van der Waals surface area contributed by atoms with E-state index in [1.165, 1.54) is 17.0 Å². The lowest BCUT2D eigenvalue weighted by molar-refractivity contribution is -0.116. The molecule has 8 N–H and O–H groups in total. The predicted molar refractivity (Wildman–Crippen MR) is 213 cm³/mol. The van der Waals surface area contributed by atoms with Crippen molar-refractivity contribution in [2.45, 2.75) is 82.5 Å². The lowest BCUT2D eigenvalue weighted by Crippen LogP contribution is -2.44. The van der Waals surface area contributed by atoms with Crippen molar-refractivity contribution in [3.63, 3.8) is 0 Å². The number of aliphatic hydroxyl groups excluding tert-OH is 1. The molecule has 1 unspecified atom stereocenters. The number of benzene rings is 4. The monoisotopic (exact) mass is 731 g/mol. The molecule has 11 nitrogen and oxygen atoms in total. The van der Waals surface area contributed by atoms with E-state index >= 15 is 0 Å². The van der Waals surface area contributed by atoms with E-state index < -0.39 is 12.2 Å². The van der Waals surface area contributed by atoms with Crippen molar-refractivity contribution < 1.29 is 24.9 Å². The molecule has 1 aliphatic rings. The van der Waals surface area contributed by atoms with Gasteiger partial charge in [-0.25, -0.2) is 4.79 Å². The van der Waals surface area contributed by atoms with Gasteiger partial charge in [-0.05, 0) is 104 Å². The zero-order chi connectivity index (χ0) is 38.2. The van der Waals surface area contributed by atoms with Gasteiger partial charge in [0.25, 0.3) is 0 Å². The molecule has 1 aromatic heterocycles. The summed E-state index contributed by atoms with van der Waals surface area (Å²) in [6.45, 7) is 2.30. The number of H-pyrrole nitrogens is 1. The highest BCUT2D eigenvalue weighted by molar-refractivity contribution is 5.94. The van der Waals surface area contributed by atoms with Crippen LogP contribution < -0.4 is 26.8 Å².